The molecule has 14 heavy (non-hydrogen) atoms. The second-order valence-electron chi connectivity index (χ2n) is 2.77. The summed E-state index contributed by atoms with van der Waals surface area (Å²) >= 11 is 0. The van der Waals surface area contributed by atoms with Crippen molar-refractivity contribution in [1.29, 1.82) is 0 Å². The summed E-state index contributed by atoms with van der Waals surface area (Å²) in [7, 11) is 0. The zero-order valence-electron chi connectivity index (χ0n) is 8.74. The summed E-state index contributed by atoms with van der Waals surface area (Å²) in [6, 6.07) is 0. The number of unbranched alkanes of at least 4 members (excludes halogenated alkanes) is 1. The first kappa shape index (κ1) is 13.8. The highest BCUT2D eigenvalue weighted by Gasteiger charge is 1.90. The molecule has 1 radical (unpaired) electrons. The van der Waals surface area contributed by atoms with E-state index < -0.39 is 0 Å². The lowest BCUT2D eigenvalue weighted by atomic mass is 10.4. The fourth-order valence-corrected chi connectivity index (χ4v) is 0.811. The van der Waals surface area contributed by atoms with E-state index in [0.717, 1.165) is 19.4 Å². The first-order valence-electron chi connectivity index (χ1n) is 5.05. The largest absolute Gasteiger partial charge is 0.394 e. The Bertz CT molecular complexity index is 86.1. The van der Waals surface area contributed by atoms with Gasteiger partial charge < -0.3 is 19.3 Å². The van der Waals surface area contributed by atoms with Gasteiger partial charge in [0.2, 0.25) is 0 Å². The monoisotopic (exact) mass is 205 g/mol. The predicted molar refractivity (Wildman–Crippen MR) is 54.1 cm³/mol. The Hall–Kier alpha value is -0.160. The molecule has 0 aliphatic rings. The lowest BCUT2D eigenvalue weighted by Crippen LogP contribution is -2.11. The van der Waals surface area contributed by atoms with Crippen molar-refractivity contribution in [3.05, 3.63) is 6.92 Å². The van der Waals surface area contributed by atoms with E-state index in [2.05, 4.69) is 6.92 Å². The molecule has 1 N–H and O–H groups in total. The van der Waals surface area contributed by atoms with E-state index in [1.165, 1.54) is 0 Å². The van der Waals surface area contributed by atoms with Crippen LogP contribution < -0.4 is 0 Å². The molecule has 0 aliphatic carbocycles. The van der Waals surface area contributed by atoms with Crippen molar-refractivity contribution < 1.29 is 19.3 Å². The molecule has 0 amide bonds. The van der Waals surface area contributed by atoms with Crippen molar-refractivity contribution in [1.82, 2.24) is 0 Å². The maximum Gasteiger partial charge on any atom is 0.0701 e. The van der Waals surface area contributed by atoms with Crippen LogP contribution in [0.5, 0.6) is 0 Å². The zero-order valence-corrected chi connectivity index (χ0v) is 8.74. The Labute approximate surface area is 86.2 Å². The second kappa shape index (κ2) is 12.8. The van der Waals surface area contributed by atoms with Crippen molar-refractivity contribution in [3.63, 3.8) is 0 Å². The van der Waals surface area contributed by atoms with Crippen molar-refractivity contribution in [3.8, 4) is 0 Å². The van der Waals surface area contributed by atoms with Gasteiger partial charge in [0, 0.05) is 6.61 Å². The molecule has 0 bridgehead atoms. The fraction of sp³-hybridized carbons (Fsp3) is 0.900. The van der Waals surface area contributed by atoms with E-state index in [9.17, 15) is 0 Å². The van der Waals surface area contributed by atoms with E-state index in [4.69, 9.17) is 19.3 Å². The summed E-state index contributed by atoms with van der Waals surface area (Å²) in [4.78, 5) is 0. The van der Waals surface area contributed by atoms with E-state index >= 15 is 0 Å². The molecule has 0 aromatic rings. The van der Waals surface area contributed by atoms with Crippen LogP contribution in [-0.4, -0.2) is 51.4 Å². The number of hydrogen-bond donors (Lipinski definition) is 1. The van der Waals surface area contributed by atoms with Crippen molar-refractivity contribution in [2.24, 2.45) is 0 Å². The number of ether oxygens (including phenoxy) is 3. The van der Waals surface area contributed by atoms with Crippen LogP contribution in [-0.2, 0) is 14.2 Å². The van der Waals surface area contributed by atoms with Crippen molar-refractivity contribution in [2.45, 2.75) is 12.8 Å². The summed E-state index contributed by atoms with van der Waals surface area (Å²) in [5.74, 6) is 0. The minimum absolute atomic E-state index is 0.0637. The molecule has 0 spiro atoms. The molecule has 0 aliphatic heterocycles. The highest BCUT2D eigenvalue weighted by atomic mass is 16.5. The van der Waals surface area contributed by atoms with Gasteiger partial charge in [-0.2, -0.15) is 0 Å². The van der Waals surface area contributed by atoms with Crippen LogP contribution in [0, 0.1) is 6.92 Å². The molecule has 0 atom stereocenters. The van der Waals surface area contributed by atoms with Gasteiger partial charge in [-0.1, -0.05) is 13.3 Å². The topological polar surface area (TPSA) is 47.9 Å². The number of aliphatic hydroxyl groups excluding tert-OH is 1. The molecular weight excluding hydrogens is 184 g/mol. The smallest absolute Gasteiger partial charge is 0.0701 e. The average molecular weight is 205 g/mol. The molecule has 0 heterocycles. The Balaban J connectivity index is 2.78. The predicted octanol–water partition coefficient (Wildman–Crippen LogP) is 0.643. The molecule has 0 fully saturated rings. The van der Waals surface area contributed by atoms with Crippen molar-refractivity contribution >= 4 is 0 Å². The van der Waals surface area contributed by atoms with Crippen molar-refractivity contribution in [2.75, 3.05) is 46.2 Å². The van der Waals surface area contributed by atoms with Gasteiger partial charge in [-0.15, -0.1) is 0 Å². The third-order valence-corrected chi connectivity index (χ3v) is 1.52. The van der Waals surface area contributed by atoms with Crippen LogP contribution in [0.2, 0.25) is 0 Å². The second-order valence-corrected chi connectivity index (χ2v) is 2.77. The van der Waals surface area contributed by atoms with Crippen LogP contribution in [0.1, 0.15) is 12.8 Å². The SMILES string of the molecule is [CH2]CCCOCCOCCOCCO. The maximum atomic E-state index is 8.40. The highest BCUT2D eigenvalue weighted by molar-refractivity contribution is 4.39. The van der Waals surface area contributed by atoms with Gasteiger partial charge in [0.15, 0.2) is 0 Å². The van der Waals surface area contributed by atoms with Gasteiger partial charge in [0.05, 0.1) is 39.6 Å². The number of rotatable bonds is 11. The van der Waals surface area contributed by atoms with Gasteiger partial charge in [-0.25, -0.2) is 0 Å². The molecule has 0 aromatic carbocycles. The van der Waals surface area contributed by atoms with E-state index in [0.29, 0.717) is 33.0 Å². The third-order valence-electron chi connectivity index (χ3n) is 1.52. The van der Waals surface area contributed by atoms with E-state index in [1.807, 2.05) is 0 Å². The molecule has 0 saturated heterocycles. The minimum Gasteiger partial charge on any atom is -0.394 e. The van der Waals surface area contributed by atoms with Gasteiger partial charge in [0.1, 0.15) is 0 Å². The standard InChI is InChI=1S/C10H21O4/c1-2-3-5-12-7-9-14-10-8-13-6-4-11/h11H,1-10H2. The molecule has 0 saturated carbocycles. The molecule has 4 heteroatoms. The van der Waals surface area contributed by atoms with Crippen LogP contribution in [0.25, 0.3) is 0 Å². The van der Waals surface area contributed by atoms with E-state index in [1.54, 1.807) is 0 Å². The third kappa shape index (κ3) is 11.8. The van der Waals surface area contributed by atoms with Crippen LogP contribution >= 0.6 is 0 Å². The summed E-state index contributed by atoms with van der Waals surface area (Å²) in [5.41, 5.74) is 0. The van der Waals surface area contributed by atoms with Gasteiger partial charge in [-0.3, -0.25) is 0 Å². The summed E-state index contributed by atoms with van der Waals surface area (Å²) in [6.07, 6.45) is 1.91. The van der Waals surface area contributed by atoms with Crippen LogP contribution in [0.3, 0.4) is 0 Å². The van der Waals surface area contributed by atoms with Crippen LogP contribution in [0.4, 0.5) is 0 Å². The van der Waals surface area contributed by atoms with Gasteiger partial charge in [0.25, 0.3) is 0 Å². The maximum absolute atomic E-state index is 8.40. The van der Waals surface area contributed by atoms with Crippen LogP contribution in [0.15, 0.2) is 0 Å². The first-order chi connectivity index (χ1) is 6.91. The van der Waals surface area contributed by atoms with Gasteiger partial charge in [-0.05, 0) is 6.42 Å². The Morgan fingerprint density at radius 3 is 1.79 bits per heavy atom. The highest BCUT2D eigenvalue weighted by Crippen LogP contribution is 1.87. The Kier molecular flexibility index (Phi) is 12.7. The quantitative estimate of drug-likeness (QED) is 0.503. The number of aliphatic hydroxyl groups is 1. The fourth-order valence-electron chi connectivity index (χ4n) is 0.811. The van der Waals surface area contributed by atoms with E-state index in [-0.39, 0.29) is 6.61 Å². The number of hydrogen-bond acceptors (Lipinski definition) is 4. The molecule has 0 unspecified atom stereocenters. The first-order valence-corrected chi connectivity index (χ1v) is 5.05. The lowest BCUT2D eigenvalue weighted by molar-refractivity contribution is 0.00748. The average Bonchev–Trinajstić information content (AvgIpc) is 2.21. The minimum atomic E-state index is 0.0637. The molecular formula is C10H21O4. The molecule has 0 aromatic heterocycles. The summed E-state index contributed by atoms with van der Waals surface area (Å²) < 4.78 is 15.5. The molecule has 85 valence electrons. The summed E-state index contributed by atoms with van der Waals surface area (Å²) in [5, 5.41) is 8.40. The Morgan fingerprint density at radius 1 is 0.786 bits per heavy atom. The molecule has 0 rings (SSSR count). The summed E-state index contributed by atoms with van der Waals surface area (Å²) in [6.45, 7) is 7.22. The lowest BCUT2D eigenvalue weighted by Gasteiger charge is -2.05. The molecule has 4 nitrogen and oxygen atoms in total. The Morgan fingerprint density at radius 2 is 1.29 bits per heavy atom. The zero-order chi connectivity index (χ0) is 10.5. The normalized spacial score (nSPS) is 10.7. The van der Waals surface area contributed by atoms with Gasteiger partial charge >= 0.3 is 0 Å².